The number of sulfonamides is 1. The maximum Gasteiger partial charge on any atom is 0.244 e. The van der Waals surface area contributed by atoms with Gasteiger partial charge in [-0.15, -0.1) is 0 Å². The molecule has 0 saturated carbocycles. The normalized spacial score (nSPS) is 15.5. The lowest BCUT2D eigenvalue weighted by molar-refractivity contribution is -0.122. The molecule has 0 aliphatic carbocycles. The van der Waals surface area contributed by atoms with Crippen molar-refractivity contribution in [2.75, 3.05) is 23.7 Å². The molecule has 3 rings (SSSR count). The fourth-order valence-electron chi connectivity index (χ4n) is 4.09. The number of nitrogens with zero attached hydrogens (tertiary/aromatic N) is 2. The molecule has 0 aromatic heterocycles. The van der Waals surface area contributed by atoms with Crippen LogP contribution in [0.2, 0.25) is 10.0 Å². The van der Waals surface area contributed by atoms with Gasteiger partial charge in [0.2, 0.25) is 15.9 Å². The average molecular weight is 498 g/mol. The molecule has 1 unspecified atom stereocenters. The van der Waals surface area contributed by atoms with Crippen LogP contribution in [-0.2, 0) is 27.9 Å². The van der Waals surface area contributed by atoms with Gasteiger partial charge in [-0.2, -0.15) is 0 Å². The van der Waals surface area contributed by atoms with Crippen molar-refractivity contribution in [2.45, 2.75) is 45.3 Å². The van der Waals surface area contributed by atoms with Crippen molar-refractivity contribution >= 4 is 44.8 Å². The number of halogens is 2. The van der Waals surface area contributed by atoms with Gasteiger partial charge in [0.25, 0.3) is 0 Å². The summed E-state index contributed by atoms with van der Waals surface area (Å²) >= 11 is 12.2. The Morgan fingerprint density at radius 3 is 2.25 bits per heavy atom. The van der Waals surface area contributed by atoms with E-state index in [-0.39, 0.29) is 11.6 Å². The van der Waals surface area contributed by atoms with Crippen molar-refractivity contribution in [3.8, 4) is 0 Å². The van der Waals surface area contributed by atoms with Crippen LogP contribution in [0.15, 0.2) is 42.5 Å². The molecule has 1 atom stereocenters. The number of hydrogen-bond donors (Lipinski definition) is 1. The first kappa shape index (κ1) is 24.8. The summed E-state index contributed by atoms with van der Waals surface area (Å²) in [6, 6.07) is 11.6. The SMILES string of the molecule is CCC(C(=O)NCc1ccccc1CN1CCCC1)N(c1cc(Cl)cc(Cl)c1)S(C)(=O)=O. The van der Waals surface area contributed by atoms with Crippen LogP contribution in [0.3, 0.4) is 0 Å². The molecule has 1 aliphatic heterocycles. The lowest BCUT2D eigenvalue weighted by atomic mass is 10.1. The predicted octanol–water partition coefficient (Wildman–Crippen LogP) is 4.45. The van der Waals surface area contributed by atoms with Crippen LogP contribution in [-0.4, -0.2) is 44.6 Å². The summed E-state index contributed by atoms with van der Waals surface area (Å²) < 4.78 is 26.4. The maximum absolute atomic E-state index is 13.1. The fourth-order valence-corrected chi connectivity index (χ4v) is 5.80. The standard InChI is InChI=1S/C23H29Cl2N3O3S/c1-3-22(28(32(2,30)31)21-13-19(24)12-20(25)14-21)23(29)26-15-17-8-4-5-9-18(17)16-27-10-6-7-11-27/h4-5,8-9,12-14,22H,3,6-7,10-11,15-16H2,1-2H3,(H,26,29). The van der Waals surface area contributed by atoms with E-state index in [1.165, 1.54) is 36.6 Å². The molecule has 6 nitrogen and oxygen atoms in total. The second-order valence-corrected chi connectivity index (χ2v) is 10.8. The zero-order chi connectivity index (χ0) is 23.3. The first-order valence-corrected chi connectivity index (χ1v) is 13.3. The predicted molar refractivity (Wildman–Crippen MR) is 131 cm³/mol. The Balaban J connectivity index is 1.79. The zero-order valence-electron chi connectivity index (χ0n) is 18.4. The molecule has 1 N–H and O–H groups in total. The van der Waals surface area contributed by atoms with Gasteiger partial charge in [-0.3, -0.25) is 14.0 Å². The molecule has 0 spiro atoms. The summed E-state index contributed by atoms with van der Waals surface area (Å²) in [7, 11) is -3.77. The monoisotopic (exact) mass is 497 g/mol. The van der Waals surface area contributed by atoms with E-state index in [1.807, 2.05) is 18.2 Å². The molecule has 9 heteroatoms. The fraction of sp³-hybridized carbons (Fsp3) is 0.435. The Kier molecular flexibility index (Phi) is 8.44. The maximum atomic E-state index is 13.1. The molecule has 174 valence electrons. The van der Waals surface area contributed by atoms with E-state index >= 15 is 0 Å². The topological polar surface area (TPSA) is 69.7 Å². The summed E-state index contributed by atoms with van der Waals surface area (Å²) in [5.41, 5.74) is 2.46. The highest BCUT2D eigenvalue weighted by molar-refractivity contribution is 7.92. The molecule has 1 fully saturated rings. The molecular formula is C23H29Cl2N3O3S. The number of nitrogens with one attached hydrogen (secondary N) is 1. The van der Waals surface area contributed by atoms with Gasteiger partial charge in [-0.05, 0) is 61.7 Å². The minimum Gasteiger partial charge on any atom is -0.350 e. The van der Waals surface area contributed by atoms with E-state index in [2.05, 4.69) is 16.3 Å². The first-order chi connectivity index (χ1) is 15.2. The Labute approximate surface area is 200 Å². The van der Waals surface area contributed by atoms with Crippen molar-refractivity contribution in [1.82, 2.24) is 10.2 Å². The van der Waals surface area contributed by atoms with Crippen molar-refractivity contribution < 1.29 is 13.2 Å². The number of anilines is 1. The Bertz CT molecular complexity index is 1040. The highest BCUT2D eigenvalue weighted by Crippen LogP contribution is 2.29. The summed E-state index contributed by atoms with van der Waals surface area (Å²) in [5, 5.41) is 3.53. The Morgan fingerprint density at radius 1 is 1.09 bits per heavy atom. The third kappa shape index (κ3) is 6.38. The van der Waals surface area contributed by atoms with Gasteiger partial charge in [0.05, 0.1) is 11.9 Å². The van der Waals surface area contributed by atoms with Gasteiger partial charge in [0.15, 0.2) is 0 Å². The molecule has 2 aromatic rings. The Hall–Kier alpha value is -1.80. The molecule has 0 bridgehead atoms. The molecular weight excluding hydrogens is 469 g/mol. The third-order valence-corrected chi connectivity index (χ3v) is 7.21. The summed E-state index contributed by atoms with van der Waals surface area (Å²) in [4.78, 5) is 15.5. The van der Waals surface area contributed by atoms with Crippen molar-refractivity contribution in [1.29, 1.82) is 0 Å². The van der Waals surface area contributed by atoms with Crippen molar-refractivity contribution in [2.24, 2.45) is 0 Å². The van der Waals surface area contributed by atoms with Gasteiger partial charge in [0, 0.05) is 23.1 Å². The number of benzene rings is 2. The van der Waals surface area contributed by atoms with Crippen LogP contribution in [0, 0.1) is 0 Å². The minimum atomic E-state index is -3.77. The first-order valence-electron chi connectivity index (χ1n) is 10.7. The van der Waals surface area contributed by atoms with Crippen LogP contribution in [0.1, 0.15) is 37.3 Å². The van der Waals surface area contributed by atoms with E-state index < -0.39 is 16.1 Å². The molecule has 2 aromatic carbocycles. The van der Waals surface area contributed by atoms with Gasteiger partial charge in [-0.25, -0.2) is 8.42 Å². The number of carbonyl (C=O) groups is 1. The number of rotatable bonds is 9. The number of hydrogen-bond acceptors (Lipinski definition) is 4. The largest absolute Gasteiger partial charge is 0.350 e. The third-order valence-electron chi connectivity index (χ3n) is 5.60. The van der Waals surface area contributed by atoms with Gasteiger partial charge in [-0.1, -0.05) is 54.4 Å². The molecule has 1 aliphatic rings. The molecule has 1 saturated heterocycles. The van der Waals surface area contributed by atoms with Crippen LogP contribution < -0.4 is 9.62 Å². The summed E-state index contributed by atoms with van der Waals surface area (Å²) in [6.45, 7) is 5.12. The number of amides is 1. The minimum absolute atomic E-state index is 0.265. The van der Waals surface area contributed by atoms with E-state index in [0.29, 0.717) is 23.0 Å². The van der Waals surface area contributed by atoms with Crippen molar-refractivity contribution in [3.05, 3.63) is 63.6 Å². The van der Waals surface area contributed by atoms with Gasteiger partial charge >= 0.3 is 0 Å². The van der Waals surface area contributed by atoms with Gasteiger partial charge in [0.1, 0.15) is 6.04 Å². The summed E-state index contributed by atoms with van der Waals surface area (Å²) in [5.74, 6) is -0.370. The lowest BCUT2D eigenvalue weighted by Crippen LogP contribution is -2.49. The van der Waals surface area contributed by atoms with E-state index in [0.717, 1.165) is 35.8 Å². The second kappa shape index (κ2) is 10.9. The Morgan fingerprint density at radius 2 is 1.69 bits per heavy atom. The zero-order valence-corrected chi connectivity index (χ0v) is 20.7. The highest BCUT2D eigenvalue weighted by Gasteiger charge is 2.32. The molecule has 32 heavy (non-hydrogen) atoms. The number of likely N-dealkylation sites (tertiary alicyclic amines) is 1. The number of carbonyl (C=O) groups excluding carboxylic acids is 1. The average Bonchev–Trinajstić information content (AvgIpc) is 3.22. The lowest BCUT2D eigenvalue weighted by Gasteiger charge is -2.30. The van der Waals surface area contributed by atoms with Gasteiger partial charge < -0.3 is 5.32 Å². The highest BCUT2D eigenvalue weighted by atomic mass is 35.5. The second-order valence-electron chi connectivity index (χ2n) is 8.08. The smallest absolute Gasteiger partial charge is 0.244 e. The molecule has 1 heterocycles. The molecule has 1 amide bonds. The van der Waals surface area contributed by atoms with Crippen LogP contribution >= 0.6 is 23.2 Å². The van der Waals surface area contributed by atoms with E-state index in [9.17, 15) is 13.2 Å². The van der Waals surface area contributed by atoms with E-state index in [1.54, 1.807) is 6.92 Å². The quantitative estimate of drug-likeness (QED) is 0.555. The molecule has 0 radical (unpaired) electrons. The van der Waals surface area contributed by atoms with E-state index in [4.69, 9.17) is 23.2 Å². The van der Waals surface area contributed by atoms with Crippen LogP contribution in [0.25, 0.3) is 0 Å². The summed E-state index contributed by atoms with van der Waals surface area (Å²) in [6.07, 6.45) is 3.79. The van der Waals surface area contributed by atoms with Crippen LogP contribution in [0.5, 0.6) is 0 Å². The van der Waals surface area contributed by atoms with Crippen LogP contribution in [0.4, 0.5) is 5.69 Å². The van der Waals surface area contributed by atoms with Crippen molar-refractivity contribution in [3.63, 3.8) is 0 Å².